The standard InChI is InChI=1S/C23H28N2O3/c1-16-14-17(12-13-21(16)28-2)15-22(26)25-20-11-7-6-10-19(20)23(27)24-18-8-4-3-5-9-18/h6-7,10-14,18H,3-5,8-9,15H2,1-2H3,(H,24,27)(H,25,26). The normalized spacial score (nSPS) is 14.4. The van der Waals surface area contributed by atoms with Gasteiger partial charge in [0.15, 0.2) is 0 Å². The lowest BCUT2D eigenvalue weighted by molar-refractivity contribution is -0.115. The molecule has 0 unspecified atom stereocenters. The van der Waals surface area contributed by atoms with E-state index in [-0.39, 0.29) is 24.3 Å². The van der Waals surface area contributed by atoms with Crippen molar-refractivity contribution in [1.29, 1.82) is 0 Å². The average Bonchev–Trinajstić information content (AvgIpc) is 2.69. The van der Waals surface area contributed by atoms with Crippen LogP contribution in [0.15, 0.2) is 42.5 Å². The Morgan fingerprint density at radius 2 is 1.82 bits per heavy atom. The monoisotopic (exact) mass is 380 g/mol. The number of carbonyl (C=O) groups excluding carboxylic acids is 2. The van der Waals surface area contributed by atoms with Crippen LogP contribution in [0.3, 0.4) is 0 Å². The maximum absolute atomic E-state index is 12.7. The summed E-state index contributed by atoms with van der Waals surface area (Å²) in [4.78, 5) is 25.3. The van der Waals surface area contributed by atoms with Crippen molar-refractivity contribution in [3.8, 4) is 5.75 Å². The van der Waals surface area contributed by atoms with E-state index in [2.05, 4.69) is 10.6 Å². The summed E-state index contributed by atoms with van der Waals surface area (Å²) in [7, 11) is 1.63. The first-order chi connectivity index (χ1) is 13.6. The quantitative estimate of drug-likeness (QED) is 0.787. The van der Waals surface area contributed by atoms with E-state index in [4.69, 9.17) is 4.74 Å². The molecule has 0 spiro atoms. The SMILES string of the molecule is COc1ccc(CC(=O)Nc2ccccc2C(=O)NC2CCCCC2)cc1C. The maximum atomic E-state index is 12.7. The van der Waals surface area contributed by atoms with E-state index in [1.165, 1.54) is 6.42 Å². The minimum atomic E-state index is -0.150. The van der Waals surface area contributed by atoms with Crippen molar-refractivity contribution in [2.45, 2.75) is 51.5 Å². The fraction of sp³-hybridized carbons (Fsp3) is 0.391. The summed E-state index contributed by atoms with van der Waals surface area (Å²) in [6.45, 7) is 1.95. The summed E-state index contributed by atoms with van der Waals surface area (Å²) < 4.78 is 5.26. The van der Waals surface area contributed by atoms with Gasteiger partial charge in [-0.15, -0.1) is 0 Å². The first kappa shape index (κ1) is 19.9. The molecule has 0 saturated heterocycles. The second-order valence-corrected chi connectivity index (χ2v) is 7.38. The minimum Gasteiger partial charge on any atom is -0.496 e. The molecular formula is C23H28N2O3. The van der Waals surface area contributed by atoms with E-state index in [1.807, 2.05) is 37.3 Å². The molecule has 1 saturated carbocycles. The van der Waals surface area contributed by atoms with Gasteiger partial charge in [0, 0.05) is 6.04 Å². The van der Waals surface area contributed by atoms with E-state index >= 15 is 0 Å². The molecule has 1 fully saturated rings. The zero-order valence-electron chi connectivity index (χ0n) is 16.6. The predicted octanol–water partition coefficient (Wildman–Crippen LogP) is 4.25. The fourth-order valence-electron chi connectivity index (χ4n) is 3.73. The Hall–Kier alpha value is -2.82. The van der Waals surface area contributed by atoms with Crippen LogP contribution in [-0.4, -0.2) is 25.0 Å². The van der Waals surface area contributed by atoms with Gasteiger partial charge in [0.25, 0.3) is 5.91 Å². The van der Waals surface area contributed by atoms with Crippen molar-refractivity contribution in [2.75, 3.05) is 12.4 Å². The molecule has 1 aliphatic carbocycles. The number of amides is 2. The second kappa shape index (κ2) is 9.40. The van der Waals surface area contributed by atoms with Gasteiger partial charge < -0.3 is 15.4 Å². The molecule has 148 valence electrons. The zero-order chi connectivity index (χ0) is 19.9. The number of carbonyl (C=O) groups is 2. The van der Waals surface area contributed by atoms with Crippen LogP contribution in [0, 0.1) is 6.92 Å². The predicted molar refractivity (Wildman–Crippen MR) is 111 cm³/mol. The number of ether oxygens (including phenoxy) is 1. The van der Waals surface area contributed by atoms with Gasteiger partial charge in [-0.1, -0.05) is 43.5 Å². The minimum absolute atomic E-state index is 0.122. The van der Waals surface area contributed by atoms with Crippen molar-refractivity contribution >= 4 is 17.5 Å². The summed E-state index contributed by atoms with van der Waals surface area (Å²) in [6.07, 6.45) is 5.84. The Morgan fingerprint density at radius 3 is 2.54 bits per heavy atom. The van der Waals surface area contributed by atoms with Gasteiger partial charge in [-0.2, -0.15) is 0 Å². The number of benzene rings is 2. The third-order valence-corrected chi connectivity index (χ3v) is 5.21. The highest BCUT2D eigenvalue weighted by atomic mass is 16.5. The molecule has 3 rings (SSSR count). The Kier molecular flexibility index (Phi) is 6.69. The third-order valence-electron chi connectivity index (χ3n) is 5.21. The van der Waals surface area contributed by atoms with Crippen molar-refractivity contribution in [2.24, 2.45) is 0 Å². The molecule has 2 aromatic carbocycles. The molecule has 2 amide bonds. The summed E-state index contributed by atoms with van der Waals surface area (Å²) in [5, 5.41) is 6.01. The molecule has 0 aromatic heterocycles. The maximum Gasteiger partial charge on any atom is 0.253 e. The summed E-state index contributed by atoms with van der Waals surface area (Å²) in [5.41, 5.74) is 2.94. The molecule has 2 aromatic rings. The van der Waals surface area contributed by atoms with Crippen molar-refractivity contribution in [1.82, 2.24) is 5.32 Å². The van der Waals surface area contributed by atoms with Crippen LogP contribution in [0.5, 0.6) is 5.75 Å². The van der Waals surface area contributed by atoms with E-state index in [0.29, 0.717) is 11.3 Å². The summed E-state index contributed by atoms with van der Waals surface area (Å²) in [6, 6.07) is 13.1. The van der Waals surface area contributed by atoms with Gasteiger partial charge in [0.05, 0.1) is 24.8 Å². The Bertz CT molecular complexity index is 841. The van der Waals surface area contributed by atoms with Crippen molar-refractivity contribution in [3.63, 3.8) is 0 Å². The highest BCUT2D eigenvalue weighted by molar-refractivity contribution is 6.04. The van der Waals surface area contributed by atoms with Gasteiger partial charge >= 0.3 is 0 Å². The average molecular weight is 380 g/mol. The first-order valence-corrected chi connectivity index (χ1v) is 9.90. The number of rotatable bonds is 6. The van der Waals surface area contributed by atoms with Gasteiger partial charge in [-0.05, 0) is 49.1 Å². The molecule has 0 bridgehead atoms. The topological polar surface area (TPSA) is 67.4 Å². The van der Waals surface area contributed by atoms with Gasteiger partial charge in [-0.25, -0.2) is 0 Å². The van der Waals surface area contributed by atoms with Crippen LogP contribution >= 0.6 is 0 Å². The van der Waals surface area contributed by atoms with Crippen LogP contribution in [0.25, 0.3) is 0 Å². The van der Waals surface area contributed by atoms with Gasteiger partial charge in [0.1, 0.15) is 5.75 Å². The fourth-order valence-corrected chi connectivity index (χ4v) is 3.73. The van der Waals surface area contributed by atoms with Crippen LogP contribution in [0.4, 0.5) is 5.69 Å². The zero-order valence-corrected chi connectivity index (χ0v) is 16.6. The number of hydrogen-bond donors (Lipinski definition) is 2. The molecule has 5 nitrogen and oxygen atoms in total. The Morgan fingerprint density at radius 1 is 1.07 bits per heavy atom. The lowest BCUT2D eigenvalue weighted by atomic mass is 9.95. The highest BCUT2D eigenvalue weighted by Crippen LogP contribution is 2.21. The summed E-state index contributed by atoms with van der Waals surface area (Å²) >= 11 is 0. The van der Waals surface area contributed by atoms with Crippen LogP contribution in [0.2, 0.25) is 0 Å². The Labute approximate surface area is 166 Å². The van der Waals surface area contributed by atoms with E-state index < -0.39 is 0 Å². The highest BCUT2D eigenvalue weighted by Gasteiger charge is 2.19. The molecule has 28 heavy (non-hydrogen) atoms. The lowest BCUT2D eigenvalue weighted by Crippen LogP contribution is -2.36. The smallest absolute Gasteiger partial charge is 0.253 e. The number of methoxy groups -OCH3 is 1. The molecule has 0 heterocycles. The van der Waals surface area contributed by atoms with Crippen LogP contribution in [0.1, 0.15) is 53.6 Å². The molecule has 0 aliphatic heterocycles. The van der Waals surface area contributed by atoms with Crippen LogP contribution < -0.4 is 15.4 Å². The molecule has 0 atom stereocenters. The molecule has 2 N–H and O–H groups in total. The summed E-state index contributed by atoms with van der Waals surface area (Å²) in [5.74, 6) is 0.527. The number of nitrogens with one attached hydrogen (secondary N) is 2. The third kappa shape index (κ3) is 5.12. The number of para-hydroxylation sites is 1. The number of aryl methyl sites for hydroxylation is 1. The first-order valence-electron chi connectivity index (χ1n) is 9.90. The van der Waals surface area contributed by atoms with Crippen molar-refractivity contribution < 1.29 is 14.3 Å². The molecule has 1 aliphatic rings. The van der Waals surface area contributed by atoms with Gasteiger partial charge in [0.2, 0.25) is 5.91 Å². The lowest BCUT2D eigenvalue weighted by Gasteiger charge is -2.23. The van der Waals surface area contributed by atoms with E-state index in [1.54, 1.807) is 19.2 Å². The Balaban J connectivity index is 1.66. The van der Waals surface area contributed by atoms with E-state index in [9.17, 15) is 9.59 Å². The number of anilines is 1. The molecular weight excluding hydrogens is 352 g/mol. The van der Waals surface area contributed by atoms with Gasteiger partial charge in [-0.3, -0.25) is 9.59 Å². The molecule has 0 radical (unpaired) electrons. The second-order valence-electron chi connectivity index (χ2n) is 7.38. The van der Waals surface area contributed by atoms with Crippen LogP contribution in [-0.2, 0) is 11.2 Å². The van der Waals surface area contributed by atoms with Crippen molar-refractivity contribution in [3.05, 3.63) is 59.2 Å². The largest absolute Gasteiger partial charge is 0.496 e. The number of hydrogen-bond acceptors (Lipinski definition) is 3. The van der Waals surface area contributed by atoms with E-state index in [0.717, 1.165) is 42.6 Å². The molecule has 5 heteroatoms.